The lowest BCUT2D eigenvalue weighted by molar-refractivity contribution is 0.0696. The molecule has 0 spiro atoms. The molecule has 1 aromatic heterocycles. The van der Waals surface area contributed by atoms with Gasteiger partial charge in [-0.3, -0.25) is 5.32 Å². The number of fused-ring (bicyclic) bond motifs is 1. The van der Waals surface area contributed by atoms with E-state index in [1.165, 1.54) is 0 Å². The fourth-order valence-electron chi connectivity index (χ4n) is 4.55. The first-order valence-electron chi connectivity index (χ1n) is 11.4. The lowest BCUT2D eigenvalue weighted by Gasteiger charge is -2.30. The Morgan fingerprint density at radius 1 is 1.15 bits per heavy atom. The molecule has 2 aliphatic carbocycles. The van der Waals surface area contributed by atoms with E-state index < -0.39 is 12.1 Å². The molecule has 33 heavy (non-hydrogen) atoms. The summed E-state index contributed by atoms with van der Waals surface area (Å²) in [4.78, 5) is 23.7. The van der Waals surface area contributed by atoms with Crippen LogP contribution in [0.2, 0.25) is 0 Å². The van der Waals surface area contributed by atoms with Gasteiger partial charge in [-0.15, -0.1) is 0 Å². The first-order valence-corrected chi connectivity index (χ1v) is 11.4. The zero-order valence-electron chi connectivity index (χ0n) is 18.4. The molecule has 0 unspecified atom stereocenters. The van der Waals surface area contributed by atoms with Crippen LogP contribution >= 0.6 is 0 Å². The Morgan fingerprint density at radius 2 is 1.88 bits per heavy atom. The highest BCUT2D eigenvalue weighted by Crippen LogP contribution is 2.43. The summed E-state index contributed by atoms with van der Waals surface area (Å²) in [5.74, 6) is -0.519. The van der Waals surface area contributed by atoms with Crippen LogP contribution in [-0.2, 0) is 4.74 Å². The highest BCUT2D eigenvalue weighted by atomic mass is 16.6. The van der Waals surface area contributed by atoms with Crippen molar-refractivity contribution in [2.75, 3.05) is 5.32 Å². The maximum Gasteiger partial charge on any atom is 0.411 e. The van der Waals surface area contributed by atoms with Crippen LogP contribution in [-0.4, -0.2) is 27.8 Å². The van der Waals surface area contributed by atoms with E-state index in [4.69, 9.17) is 4.74 Å². The number of nitrogens with zero attached hydrogens (tertiary/aromatic N) is 2. The number of amides is 1. The van der Waals surface area contributed by atoms with Crippen LogP contribution in [0, 0.1) is 17.2 Å². The molecule has 2 aliphatic rings. The molecule has 2 saturated carbocycles. The summed E-state index contributed by atoms with van der Waals surface area (Å²) in [6, 6.07) is 14.8. The largest absolute Gasteiger partial charge is 0.478 e. The number of hydrogen-bond acceptors (Lipinski definition) is 4. The first kappa shape index (κ1) is 21.1. The SMILES string of the molecule is C[C@@H](OC(=O)Nc1ccc(-c2c(C#N)c3ccc(C(=O)O)cc3n2C2CCC2)cc1)C1CC1. The molecule has 1 amide bonds. The van der Waals surface area contributed by atoms with Crippen molar-refractivity contribution in [3.8, 4) is 17.3 Å². The number of aromatic nitrogens is 1. The molecule has 168 valence electrons. The van der Waals surface area contributed by atoms with Crippen molar-refractivity contribution in [3.05, 3.63) is 53.6 Å². The Bertz CT molecular complexity index is 1280. The Morgan fingerprint density at radius 3 is 2.45 bits per heavy atom. The normalized spacial score (nSPS) is 16.6. The minimum absolute atomic E-state index is 0.0867. The summed E-state index contributed by atoms with van der Waals surface area (Å²) >= 11 is 0. The Hall–Kier alpha value is -3.79. The first-order chi connectivity index (χ1) is 16.0. The molecule has 2 N–H and O–H groups in total. The molecule has 0 bridgehead atoms. The average Bonchev–Trinajstić information content (AvgIpc) is 3.56. The van der Waals surface area contributed by atoms with Crippen LogP contribution in [0.5, 0.6) is 0 Å². The van der Waals surface area contributed by atoms with Gasteiger partial charge < -0.3 is 14.4 Å². The Balaban J connectivity index is 1.50. The second-order valence-electron chi connectivity index (χ2n) is 8.98. The number of carbonyl (C=O) groups is 2. The monoisotopic (exact) mass is 443 g/mol. The molecular weight excluding hydrogens is 418 g/mol. The third-order valence-corrected chi connectivity index (χ3v) is 6.79. The predicted octanol–water partition coefficient (Wildman–Crippen LogP) is 5.95. The molecular formula is C26H25N3O4. The maximum atomic E-state index is 12.2. The van der Waals surface area contributed by atoms with Gasteiger partial charge in [0.2, 0.25) is 0 Å². The van der Waals surface area contributed by atoms with Gasteiger partial charge in [0.1, 0.15) is 12.2 Å². The minimum atomic E-state index is -0.989. The third-order valence-electron chi connectivity index (χ3n) is 6.79. The van der Waals surface area contributed by atoms with Gasteiger partial charge >= 0.3 is 12.1 Å². The van der Waals surface area contributed by atoms with E-state index in [9.17, 15) is 20.0 Å². The fraction of sp³-hybridized carbons (Fsp3) is 0.346. The molecule has 0 saturated heterocycles. The standard InChI is InChI=1S/C26H25N3O4/c1-15(16-5-6-16)33-26(32)28-19-10-7-17(8-11-19)24-22(14-27)21-12-9-18(25(30)31)13-23(21)29(24)20-3-2-4-20/h7-13,15-16,20H,2-6H2,1H3,(H,28,32)(H,30,31)/t15-/m1/s1. The zero-order chi connectivity index (χ0) is 23.1. The van der Waals surface area contributed by atoms with Crippen molar-refractivity contribution in [2.24, 2.45) is 5.92 Å². The highest BCUT2D eigenvalue weighted by molar-refractivity contribution is 5.99. The van der Waals surface area contributed by atoms with Gasteiger partial charge in [0.15, 0.2) is 0 Å². The second kappa shape index (κ2) is 8.28. The van der Waals surface area contributed by atoms with E-state index in [0.29, 0.717) is 17.2 Å². The average molecular weight is 444 g/mol. The maximum absolute atomic E-state index is 12.2. The van der Waals surface area contributed by atoms with Gasteiger partial charge in [-0.05, 0) is 74.8 Å². The van der Waals surface area contributed by atoms with Crippen LogP contribution in [0.25, 0.3) is 22.2 Å². The van der Waals surface area contributed by atoms with Crippen LogP contribution in [0.3, 0.4) is 0 Å². The molecule has 3 aromatic rings. The van der Waals surface area contributed by atoms with E-state index in [2.05, 4.69) is 16.0 Å². The number of carboxylic acid groups (broad SMARTS) is 1. The number of ether oxygens (including phenoxy) is 1. The quantitative estimate of drug-likeness (QED) is 0.490. The molecule has 1 heterocycles. The van der Waals surface area contributed by atoms with Gasteiger partial charge in [-0.1, -0.05) is 18.2 Å². The van der Waals surface area contributed by atoms with E-state index in [-0.39, 0.29) is 17.7 Å². The number of aromatic carboxylic acids is 1. The number of rotatable bonds is 6. The lowest BCUT2D eigenvalue weighted by Crippen LogP contribution is -2.21. The van der Waals surface area contributed by atoms with Crippen molar-refractivity contribution in [3.63, 3.8) is 0 Å². The number of hydrogen-bond donors (Lipinski definition) is 2. The van der Waals surface area contributed by atoms with E-state index in [1.54, 1.807) is 30.3 Å². The minimum Gasteiger partial charge on any atom is -0.478 e. The van der Waals surface area contributed by atoms with Crippen molar-refractivity contribution in [2.45, 2.75) is 51.2 Å². The number of carboxylic acids is 1. The summed E-state index contributed by atoms with van der Waals surface area (Å²) in [5.41, 5.74) is 3.76. The Labute approximate surface area is 191 Å². The molecule has 2 fully saturated rings. The number of benzene rings is 2. The van der Waals surface area contributed by atoms with E-state index in [0.717, 1.165) is 54.3 Å². The molecule has 7 heteroatoms. The number of carbonyl (C=O) groups excluding carboxylic acids is 1. The van der Waals surface area contributed by atoms with Crippen LogP contribution in [0.15, 0.2) is 42.5 Å². The fourth-order valence-corrected chi connectivity index (χ4v) is 4.55. The molecule has 7 nitrogen and oxygen atoms in total. The number of nitrogens with one attached hydrogen (secondary N) is 1. The van der Waals surface area contributed by atoms with Crippen molar-refractivity contribution in [1.82, 2.24) is 4.57 Å². The van der Waals surface area contributed by atoms with Gasteiger partial charge in [0, 0.05) is 17.1 Å². The van der Waals surface area contributed by atoms with Crippen LogP contribution in [0.4, 0.5) is 10.5 Å². The van der Waals surface area contributed by atoms with Crippen molar-refractivity contribution < 1.29 is 19.4 Å². The molecule has 1 atom stereocenters. The van der Waals surface area contributed by atoms with Crippen LogP contribution < -0.4 is 5.32 Å². The second-order valence-corrected chi connectivity index (χ2v) is 8.98. The molecule has 0 radical (unpaired) electrons. The van der Waals surface area contributed by atoms with E-state index in [1.807, 2.05) is 19.1 Å². The third kappa shape index (κ3) is 3.93. The topological polar surface area (TPSA) is 104 Å². The summed E-state index contributed by atoms with van der Waals surface area (Å²) in [5, 5.41) is 23.0. The summed E-state index contributed by atoms with van der Waals surface area (Å²) < 4.78 is 7.55. The van der Waals surface area contributed by atoms with Crippen molar-refractivity contribution >= 4 is 28.7 Å². The van der Waals surface area contributed by atoms with Crippen LogP contribution in [0.1, 0.15) is 61.0 Å². The highest BCUT2D eigenvalue weighted by Gasteiger charge is 2.31. The van der Waals surface area contributed by atoms with Crippen molar-refractivity contribution in [1.29, 1.82) is 5.26 Å². The van der Waals surface area contributed by atoms with Gasteiger partial charge in [0.05, 0.1) is 22.3 Å². The molecule has 0 aliphatic heterocycles. The lowest BCUT2D eigenvalue weighted by atomic mass is 9.92. The molecule has 5 rings (SSSR count). The van der Waals surface area contributed by atoms with E-state index >= 15 is 0 Å². The van der Waals surface area contributed by atoms with Gasteiger partial charge in [0.25, 0.3) is 0 Å². The number of nitriles is 1. The smallest absolute Gasteiger partial charge is 0.411 e. The zero-order valence-corrected chi connectivity index (χ0v) is 18.4. The summed E-state index contributed by atoms with van der Waals surface area (Å²) in [7, 11) is 0. The summed E-state index contributed by atoms with van der Waals surface area (Å²) in [6.07, 6.45) is 4.74. The predicted molar refractivity (Wildman–Crippen MR) is 124 cm³/mol. The van der Waals surface area contributed by atoms with Gasteiger partial charge in [-0.25, -0.2) is 9.59 Å². The molecule has 2 aromatic carbocycles. The van der Waals surface area contributed by atoms with Gasteiger partial charge in [-0.2, -0.15) is 5.26 Å². The number of anilines is 1. The summed E-state index contributed by atoms with van der Waals surface area (Å²) in [6.45, 7) is 1.92. The Kier molecular flexibility index (Phi) is 5.29.